The Hall–Kier alpha value is -4.23. The molecule has 1 saturated heterocycles. The van der Waals surface area contributed by atoms with Crippen LogP contribution in [0, 0.1) is 11.8 Å². The molecule has 1 radical (unpaired) electrons. The molecule has 235 valence electrons. The number of hydrogen-bond acceptors (Lipinski definition) is 5. The Bertz CT molecular complexity index is 1620. The molecular weight excluding hydrogens is 598 g/mol. The summed E-state index contributed by atoms with van der Waals surface area (Å²) in [5.41, 5.74) is -1.81. The number of alkyl halides is 5. The van der Waals surface area contributed by atoms with E-state index in [1.54, 1.807) is 37.5 Å². The van der Waals surface area contributed by atoms with E-state index in [9.17, 15) is 27.9 Å². The molecule has 1 aliphatic carbocycles. The van der Waals surface area contributed by atoms with Crippen molar-refractivity contribution in [3.63, 3.8) is 0 Å². The minimum atomic E-state index is -5.02. The topological polar surface area (TPSA) is 97.5 Å². The number of nitrogens with zero attached hydrogens (tertiary/aromatic N) is 4. The number of benzene rings is 1. The summed E-state index contributed by atoms with van der Waals surface area (Å²) in [6.07, 6.45) is -4.96. The second kappa shape index (κ2) is 12.3. The maximum absolute atomic E-state index is 15.4. The molecule has 8 nitrogen and oxygen atoms in total. The zero-order chi connectivity index (χ0) is 31.9. The predicted octanol–water partition coefficient (Wildman–Crippen LogP) is 5.75. The second-order valence-electron chi connectivity index (χ2n) is 11.6. The van der Waals surface area contributed by atoms with Gasteiger partial charge < -0.3 is 14.7 Å². The summed E-state index contributed by atoms with van der Waals surface area (Å²) >= 11 is 0. The molecule has 45 heavy (non-hydrogen) atoms. The lowest BCUT2D eigenvalue weighted by atomic mass is 9.51. The molecule has 4 heterocycles. The summed E-state index contributed by atoms with van der Waals surface area (Å²) in [7, 11) is 1.69. The minimum absolute atomic E-state index is 0.0708. The number of carboxylic acid groups (broad SMARTS) is 1. The Balaban J connectivity index is 1.16. The van der Waals surface area contributed by atoms with Crippen molar-refractivity contribution < 1.29 is 41.4 Å². The second-order valence-corrected chi connectivity index (χ2v) is 11.6. The molecule has 2 aliphatic heterocycles. The Morgan fingerprint density at radius 1 is 1.02 bits per heavy atom. The Kier molecular flexibility index (Phi) is 8.40. The number of ether oxygens (including phenoxy) is 1. The molecule has 1 N–H and O–H groups in total. The molecule has 1 amide bonds. The first kappa shape index (κ1) is 30.8. The maximum Gasteiger partial charge on any atom is 0.434 e. The van der Waals surface area contributed by atoms with Crippen LogP contribution in [-0.4, -0.2) is 76.0 Å². The molecule has 3 aliphatic rings. The lowest BCUT2D eigenvalue weighted by molar-refractivity contribution is -0.143. The molecule has 3 aromatic rings. The van der Waals surface area contributed by atoms with Crippen molar-refractivity contribution >= 4 is 19.2 Å². The summed E-state index contributed by atoms with van der Waals surface area (Å²) in [4.78, 5) is 29.9. The summed E-state index contributed by atoms with van der Waals surface area (Å²) < 4.78 is 78.4. The van der Waals surface area contributed by atoms with Gasteiger partial charge in [-0.3, -0.25) is 4.79 Å². The van der Waals surface area contributed by atoms with E-state index in [1.807, 2.05) is 4.90 Å². The average Bonchev–Trinajstić information content (AvgIpc) is 3.77. The van der Waals surface area contributed by atoms with Crippen LogP contribution in [0.15, 0.2) is 60.2 Å². The predicted molar refractivity (Wildman–Crippen MR) is 154 cm³/mol. The van der Waals surface area contributed by atoms with Gasteiger partial charge in [0.15, 0.2) is 17.7 Å². The van der Waals surface area contributed by atoms with Crippen LogP contribution >= 0.6 is 0 Å². The molecule has 0 spiro atoms. The van der Waals surface area contributed by atoms with Crippen molar-refractivity contribution in [3.05, 3.63) is 71.5 Å². The van der Waals surface area contributed by atoms with Crippen LogP contribution in [0.2, 0.25) is 5.82 Å². The Morgan fingerprint density at radius 3 is 2.44 bits per heavy atom. The van der Waals surface area contributed by atoms with Crippen molar-refractivity contribution in [2.24, 2.45) is 11.8 Å². The highest BCUT2D eigenvalue weighted by molar-refractivity contribution is 6.45. The third kappa shape index (κ3) is 6.32. The van der Waals surface area contributed by atoms with E-state index in [1.165, 1.54) is 18.2 Å². The van der Waals surface area contributed by atoms with E-state index in [4.69, 9.17) is 4.74 Å². The normalized spacial score (nSPS) is 22.5. The fourth-order valence-corrected chi connectivity index (χ4v) is 6.08. The molecule has 0 bridgehead atoms. The monoisotopic (exact) mass is 627 g/mol. The standard InChI is InChI=1S/C31H29BF5N4O4/c33-26-19(14-32-25(27(26)34)17-10-12-40(13-11-17)29(42)18-8-9-18)16-45-23-6-2-1-4-20(23)22-5-3-7-24(39-22)41-28(31(35,36)37)21(15-38-41)30(43)44/h1-7,14-15,17-18,25-27H,8-13,16H2,(H,43,44). The molecule has 1 saturated carbocycles. The SMILES string of the molecule is O=C(O)c1cnn(-c2cccc(-c3ccccc3OCC3=C[B]C(C4CCN(C(=O)C5CC5)CC4)C(F)C3F)n2)c1C(F)(F)F. The molecule has 2 fully saturated rings. The fourth-order valence-electron chi connectivity index (χ4n) is 6.08. The third-order valence-electron chi connectivity index (χ3n) is 8.63. The van der Waals surface area contributed by atoms with Gasteiger partial charge in [0.05, 0.1) is 11.9 Å². The van der Waals surface area contributed by atoms with Crippen LogP contribution in [-0.2, 0) is 11.0 Å². The highest BCUT2D eigenvalue weighted by Crippen LogP contribution is 2.41. The van der Waals surface area contributed by atoms with Gasteiger partial charge in [-0.15, -0.1) is 5.98 Å². The lowest BCUT2D eigenvalue weighted by Gasteiger charge is -2.39. The number of aromatic nitrogens is 3. The molecule has 1 aromatic carbocycles. The van der Waals surface area contributed by atoms with Gasteiger partial charge in [-0.2, -0.15) is 18.3 Å². The Labute approximate surface area is 256 Å². The van der Waals surface area contributed by atoms with Crippen LogP contribution < -0.4 is 4.74 Å². The molecule has 14 heteroatoms. The molecule has 2 aromatic heterocycles. The van der Waals surface area contributed by atoms with Gasteiger partial charge in [0.2, 0.25) is 5.91 Å². The van der Waals surface area contributed by atoms with Crippen molar-refractivity contribution in [1.29, 1.82) is 0 Å². The number of amides is 1. The number of carboxylic acids is 1. The number of rotatable bonds is 8. The molecule has 3 unspecified atom stereocenters. The van der Waals surface area contributed by atoms with E-state index in [0.717, 1.165) is 12.8 Å². The van der Waals surface area contributed by atoms with Gasteiger partial charge in [-0.1, -0.05) is 18.2 Å². The number of carbonyl (C=O) groups is 2. The van der Waals surface area contributed by atoms with Crippen LogP contribution in [0.4, 0.5) is 22.0 Å². The van der Waals surface area contributed by atoms with Crippen molar-refractivity contribution in [2.75, 3.05) is 19.7 Å². The van der Waals surface area contributed by atoms with Gasteiger partial charge in [0.25, 0.3) is 0 Å². The van der Waals surface area contributed by atoms with Gasteiger partial charge in [0.1, 0.15) is 31.4 Å². The number of para-hydroxylation sites is 1. The van der Waals surface area contributed by atoms with Crippen LogP contribution in [0.5, 0.6) is 5.75 Å². The number of hydrogen-bond donors (Lipinski definition) is 1. The van der Waals surface area contributed by atoms with Gasteiger partial charge in [0, 0.05) is 24.6 Å². The number of halogens is 5. The van der Waals surface area contributed by atoms with E-state index in [2.05, 4.69) is 10.1 Å². The number of pyridine rings is 1. The lowest BCUT2D eigenvalue weighted by Crippen LogP contribution is -2.44. The zero-order valence-corrected chi connectivity index (χ0v) is 24.0. The summed E-state index contributed by atoms with van der Waals surface area (Å²) in [5, 5.41) is 12.8. The first-order valence-electron chi connectivity index (χ1n) is 14.7. The number of piperidine rings is 1. The van der Waals surface area contributed by atoms with Gasteiger partial charge in [-0.25, -0.2) is 23.2 Å². The van der Waals surface area contributed by atoms with Crippen LogP contribution in [0.1, 0.15) is 41.7 Å². The van der Waals surface area contributed by atoms with E-state index < -0.39 is 41.6 Å². The van der Waals surface area contributed by atoms with Crippen molar-refractivity contribution in [1.82, 2.24) is 19.7 Å². The minimum Gasteiger partial charge on any atom is -0.488 e. The smallest absolute Gasteiger partial charge is 0.434 e. The maximum atomic E-state index is 15.4. The number of likely N-dealkylation sites (tertiary alicyclic amines) is 1. The van der Waals surface area contributed by atoms with Crippen LogP contribution in [0.3, 0.4) is 0 Å². The van der Waals surface area contributed by atoms with E-state index in [-0.39, 0.29) is 47.2 Å². The highest BCUT2D eigenvalue weighted by Gasteiger charge is 2.43. The Morgan fingerprint density at radius 2 is 1.76 bits per heavy atom. The summed E-state index contributed by atoms with van der Waals surface area (Å²) in [6.45, 7) is 0.839. The fraction of sp³-hybridized carbons (Fsp3) is 0.419. The van der Waals surface area contributed by atoms with Crippen molar-refractivity contribution in [2.45, 2.75) is 50.0 Å². The van der Waals surface area contributed by atoms with E-state index in [0.29, 0.717) is 42.4 Å². The number of carbonyl (C=O) groups excluding carboxylic acids is 1. The van der Waals surface area contributed by atoms with Gasteiger partial charge >= 0.3 is 12.1 Å². The molecule has 6 rings (SSSR count). The van der Waals surface area contributed by atoms with E-state index >= 15 is 8.78 Å². The molecule has 3 atom stereocenters. The summed E-state index contributed by atoms with van der Waals surface area (Å²) in [6, 6.07) is 10.7. The first-order chi connectivity index (χ1) is 21.5. The first-order valence-corrected chi connectivity index (χ1v) is 14.7. The molecular formula is C31H29BF5N4O4. The zero-order valence-electron chi connectivity index (χ0n) is 24.0. The third-order valence-corrected chi connectivity index (χ3v) is 8.63. The number of aromatic carboxylic acids is 1. The van der Waals surface area contributed by atoms with Gasteiger partial charge in [-0.05, 0) is 67.3 Å². The largest absolute Gasteiger partial charge is 0.488 e. The van der Waals surface area contributed by atoms with Crippen molar-refractivity contribution in [3.8, 4) is 22.8 Å². The van der Waals surface area contributed by atoms with Crippen LogP contribution in [0.25, 0.3) is 17.1 Å². The quantitative estimate of drug-likeness (QED) is 0.253. The highest BCUT2D eigenvalue weighted by atomic mass is 19.4. The summed E-state index contributed by atoms with van der Waals surface area (Å²) in [5.74, 6) is -0.629. The average molecular weight is 627 g/mol.